The first kappa shape index (κ1) is 9.55. The third-order valence-corrected chi connectivity index (χ3v) is 2.48. The van der Waals surface area contributed by atoms with Crippen molar-refractivity contribution in [2.45, 2.75) is 0 Å². The van der Waals surface area contributed by atoms with Crippen molar-refractivity contribution < 1.29 is 9.90 Å². The van der Waals surface area contributed by atoms with Crippen molar-refractivity contribution in [1.29, 1.82) is 0 Å². The number of rotatable bonds is 2. The van der Waals surface area contributed by atoms with Gasteiger partial charge in [0, 0.05) is 5.56 Å². The largest absolute Gasteiger partial charge is 0.507 e. The van der Waals surface area contributed by atoms with Gasteiger partial charge in [0.1, 0.15) is 5.75 Å². The Kier molecular flexibility index (Phi) is 3.12. The fourth-order valence-corrected chi connectivity index (χ4v) is 1.44. The van der Waals surface area contributed by atoms with Gasteiger partial charge in [-0.3, -0.25) is 4.79 Å². The number of aromatic hydroxyl groups is 1. The molecule has 1 N–H and O–H groups in total. The lowest BCUT2D eigenvalue weighted by molar-refractivity contribution is 0.102. The topological polar surface area (TPSA) is 37.3 Å². The Morgan fingerprint density at radius 1 is 1.58 bits per heavy atom. The fraction of sp³-hybridized carbons (Fsp3) is 0.125. The number of ketones is 1. The zero-order valence-electron chi connectivity index (χ0n) is 6.05. The van der Waals surface area contributed by atoms with Crippen LogP contribution < -0.4 is 0 Å². The molecule has 64 valence electrons. The van der Waals surface area contributed by atoms with E-state index in [2.05, 4.69) is 15.9 Å². The highest BCUT2D eigenvalue weighted by molar-refractivity contribution is 9.10. The Hall–Kier alpha value is -0.540. The molecule has 1 aromatic carbocycles. The molecule has 0 aliphatic rings. The molecule has 0 saturated carbocycles. The minimum atomic E-state index is -0.209. The second-order valence-electron chi connectivity index (χ2n) is 2.20. The van der Waals surface area contributed by atoms with Crippen molar-refractivity contribution in [1.82, 2.24) is 0 Å². The summed E-state index contributed by atoms with van der Waals surface area (Å²) in [6, 6.07) is 4.70. The highest BCUT2D eigenvalue weighted by atomic mass is 79.9. The van der Waals surface area contributed by atoms with Crippen molar-refractivity contribution in [2.75, 3.05) is 5.88 Å². The molecule has 0 amide bonds. The van der Waals surface area contributed by atoms with E-state index in [4.69, 9.17) is 11.6 Å². The fourth-order valence-electron chi connectivity index (χ4n) is 0.807. The van der Waals surface area contributed by atoms with E-state index in [9.17, 15) is 9.90 Å². The molecule has 0 saturated heterocycles. The molecule has 0 spiro atoms. The minimum absolute atomic E-state index is 0.0472. The number of phenols is 1. The summed E-state index contributed by atoms with van der Waals surface area (Å²) in [6.45, 7) is 0. The van der Waals surface area contributed by atoms with Crippen LogP contribution in [0.5, 0.6) is 5.75 Å². The Morgan fingerprint density at radius 3 is 2.83 bits per heavy atom. The smallest absolute Gasteiger partial charge is 0.178 e. The maximum Gasteiger partial charge on any atom is 0.178 e. The number of hydrogen-bond acceptors (Lipinski definition) is 2. The van der Waals surface area contributed by atoms with Gasteiger partial charge in [-0.1, -0.05) is 6.07 Å². The molecule has 1 rings (SSSR count). The number of alkyl halides is 1. The number of carbonyl (C=O) groups excluding carboxylic acids is 1. The summed E-state index contributed by atoms with van der Waals surface area (Å²) < 4.78 is 0.399. The standard InChI is InChI=1S/C8H6BrClO2/c9-8-5(7(12)4-10)2-1-3-6(8)11/h1-3,11H,4H2. The third kappa shape index (κ3) is 1.79. The molecular formula is C8H6BrClO2. The first-order chi connectivity index (χ1) is 5.66. The maximum absolute atomic E-state index is 11.1. The Morgan fingerprint density at radius 2 is 2.25 bits per heavy atom. The van der Waals surface area contributed by atoms with E-state index in [0.29, 0.717) is 10.0 Å². The Bertz CT molecular complexity index is 312. The molecule has 2 nitrogen and oxygen atoms in total. The van der Waals surface area contributed by atoms with Gasteiger partial charge in [0.2, 0.25) is 0 Å². The summed E-state index contributed by atoms with van der Waals surface area (Å²) in [7, 11) is 0. The van der Waals surface area contributed by atoms with Gasteiger partial charge in [0.05, 0.1) is 10.4 Å². The predicted molar refractivity (Wildman–Crippen MR) is 50.9 cm³/mol. The van der Waals surface area contributed by atoms with Gasteiger partial charge in [0.15, 0.2) is 5.78 Å². The van der Waals surface area contributed by atoms with E-state index >= 15 is 0 Å². The van der Waals surface area contributed by atoms with Crippen LogP contribution in [-0.2, 0) is 0 Å². The molecule has 4 heteroatoms. The van der Waals surface area contributed by atoms with E-state index in [1.807, 2.05) is 0 Å². The minimum Gasteiger partial charge on any atom is -0.507 e. The molecule has 0 radical (unpaired) electrons. The number of hydrogen-bond donors (Lipinski definition) is 1. The van der Waals surface area contributed by atoms with Gasteiger partial charge in [0.25, 0.3) is 0 Å². The molecule has 0 aromatic heterocycles. The zero-order chi connectivity index (χ0) is 9.14. The van der Waals surface area contributed by atoms with E-state index in [0.717, 1.165) is 0 Å². The van der Waals surface area contributed by atoms with Crippen molar-refractivity contribution in [3.63, 3.8) is 0 Å². The van der Waals surface area contributed by atoms with E-state index in [-0.39, 0.29) is 17.4 Å². The van der Waals surface area contributed by atoms with Crippen molar-refractivity contribution in [2.24, 2.45) is 0 Å². The quantitative estimate of drug-likeness (QED) is 0.646. The van der Waals surface area contributed by atoms with Crippen molar-refractivity contribution in [3.8, 4) is 5.75 Å². The lowest BCUT2D eigenvalue weighted by atomic mass is 10.1. The van der Waals surface area contributed by atoms with Gasteiger partial charge in [-0.25, -0.2) is 0 Å². The summed E-state index contributed by atoms with van der Waals surface area (Å²) >= 11 is 8.45. The van der Waals surface area contributed by atoms with Crippen LogP contribution in [0.2, 0.25) is 0 Å². The number of carbonyl (C=O) groups is 1. The summed E-state index contributed by atoms with van der Waals surface area (Å²) in [4.78, 5) is 11.1. The van der Waals surface area contributed by atoms with Gasteiger partial charge >= 0.3 is 0 Å². The second-order valence-corrected chi connectivity index (χ2v) is 3.26. The number of phenolic OH excluding ortho intramolecular Hbond substituents is 1. The Balaban J connectivity index is 3.16. The van der Waals surface area contributed by atoms with Crippen LogP contribution in [0.4, 0.5) is 0 Å². The normalized spacial score (nSPS) is 9.83. The Labute approximate surface area is 83.3 Å². The van der Waals surface area contributed by atoms with Crippen molar-refractivity contribution in [3.05, 3.63) is 28.2 Å². The highest BCUT2D eigenvalue weighted by Gasteiger charge is 2.10. The van der Waals surface area contributed by atoms with E-state index in [1.54, 1.807) is 12.1 Å². The molecule has 1 aromatic rings. The van der Waals surface area contributed by atoms with Crippen LogP contribution in [0.25, 0.3) is 0 Å². The first-order valence-corrected chi connectivity index (χ1v) is 4.56. The number of halogens is 2. The monoisotopic (exact) mass is 248 g/mol. The van der Waals surface area contributed by atoms with E-state index < -0.39 is 0 Å². The highest BCUT2D eigenvalue weighted by Crippen LogP contribution is 2.27. The summed E-state index contributed by atoms with van der Waals surface area (Å²) in [5, 5.41) is 9.20. The summed E-state index contributed by atoms with van der Waals surface area (Å²) in [6.07, 6.45) is 0. The predicted octanol–water partition coefficient (Wildman–Crippen LogP) is 2.58. The molecule has 0 unspecified atom stereocenters. The SMILES string of the molecule is O=C(CCl)c1cccc(O)c1Br. The van der Waals surface area contributed by atoms with Crippen LogP contribution >= 0.6 is 27.5 Å². The molecule has 0 bridgehead atoms. The van der Waals surface area contributed by atoms with Crippen LogP contribution in [-0.4, -0.2) is 16.8 Å². The van der Waals surface area contributed by atoms with Gasteiger partial charge < -0.3 is 5.11 Å². The third-order valence-electron chi connectivity index (χ3n) is 1.40. The van der Waals surface area contributed by atoms with Crippen LogP contribution in [0.3, 0.4) is 0 Å². The molecule has 0 aliphatic carbocycles. The molecule has 0 heterocycles. The maximum atomic E-state index is 11.1. The van der Waals surface area contributed by atoms with Crippen LogP contribution in [0.15, 0.2) is 22.7 Å². The van der Waals surface area contributed by atoms with Crippen molar-refractivity contribution >= 4 is 33.3 Å². The lowest BCUT2D eigenvalue weighted by Crippen LogP contribution is -2.00. The van der Waals surface area contributed by atoms with Gasteiger partial charge in [-0.2, -0.15) is 0 Å². The number of benzene rings is 1. The number of Topliss-reactive ketones (excluding diaryl/α,β-unsaturated/α-hetero) is 1. The van der Waals surface area contributed by atoms with Crippen LogP contribution in [0.1, 0.15) is 10.4 Å². The second kappa shape index (κ2) is 3.92. The lowest BCUT2D eigenvalue weighted by Gasteiger charge is -2.01. The zero-order valence-corrected chi connectivity index (χ0v) is 8.39. The van der Waals surface area contributed by atoms with E-state index in [1.165, 1.54) is 6.07 Å². The summed E-state index contributed by atoms with van der Waals surface area (Å²) in [5.74, 6) is -0.243. The molecule has 0 aliphatic heterocycles. The average molecular weight is 249 g/mol. The van der Waals surface area contributed by atoms with Gasteiger partial charge in [-0.15, -0.1) is 11.6 Å². The molecule has 12 heavy (non-hydrogen) atoms. The first-order valence-electron chi connectivity index (χ1n) is 3.23. The summed E-state index contributed by atoms with van der Waals surface area (Å²) in [5.41, 5.74) is 0.407. The van der Waals surface area contributed by atoms with Gasteiger partial charge in [-0.05, 0) is 28.1 Å². The molecule has 0 atom stereocenters. The van der Waals surface area contributed by atoms with Crippen LogP contribution in [0, 0.1) is 0 Å². The molecule has 0 fully saturated rings. The average Bonchev–Trinajstić information content (AvgIpc) is 2.08. The molecular weight excluding hydrogens is 243 g/mol.